The van der Waals surface area contributed by atoms with Crippen LogP contribution in [0, 0.1) is 11.7 Å². The van der Waals surface area contributed by atoms with E-state index in [9.17, 15) is 9.59 Å². The van der Waals surface area contributed by atoms with Crippen molar-refractivity contribution in [3.63, 3.8) is 0 Å². The molecule has 1 aromatic heterocycles. The second kappa shape index (κ2) is 9.47. The van der Waals surface area contributed by atoms with E-state index < -0.39 is 11.7 Å². The van der Waals surface area contributed by atoms with Crippen molar-refractivity contribution in [3.8, 4) is 0 Å². The van der Waals surface area contributed by atoms with Crippen LogP contribution < -0.4 is 10.2 Å². The van der Waals surface area contributed by atoms with Gasteiger partial charge >= 0.3 is 0 Å². The number of nitrogens with one attached hydrogen (secondary N) is 1. The highest BCUT2D eigenvalue weighted by Gasteiger charge is 2.37. The zero-order chi connectivity index (χ0) is 24.8. The molecular formula is C28H33FN4O3. The lowest BCUT2D eigenvalue weighted by Gasteiger charge is -2.36. The lowest BCUT2D eigenvalue weighted by Crippen LogP contribution is -2.49. The fraction of sp³-hybridized carbons (Fsp3) is 0.536. The molecule has 1 unspecified atom stereocenters. The van der Waals surface area contributed by atoms with Gasteiger partial charge in [0.1, 0.15) is 11.6 Å². The van der Waals surface area contributed by atoms with Gasteiger partial charge < -0.3 is 19.9 Å². The molecule has 2 atom stereocenters. The van der Waals surface area contributed by atoms with Crippen LogP contribution in [-0.4, -0.2) is 68.1 Å². The van der Waals surface area contributed by atoms with Gasteiger partial charge in [-0.2, -0.15) is 0 Å². The molecule has 7 nitrogen and oxygen atoms in total. The summed E-state index contributed by atoms with van der Waals surface area (Å²) in [4.78, 5) is 34.4. The Kier molecular flexibility index (Phi) is 6.15. The minimum Gasteiger partial charge on any atom is -0.384 e. The van der Waals surface area contributed by atoms with Crippen LogP contribution in [0.3, 0.4) is 0 Å². The van der Waals surface area contributed by atoms with Crippen LogP contribution in [0.15, 0.2) is 30.5 Å². The number of methoxy groups -OCH3 is 1. The molecule has 0 spiro atoms. The molecule has 0 radical (unpaired) electrons. The van der Waals surface area contributed by atoms with Gasteiger partial charge in [0.25, 0.3) is 5.91 Å². The largest absolute Gasteiger partial charge is 0.384 e. The Morgan fingerprint density at radius 1 is 1.08 bits per heavy atom. The highest BCUT2D eigenvalue weighted by molar-refractivity contribution is 5.95. The summed E-state index contributed by atoms with van der Waals surface area (Å²) < 4.78 is 20.3. The third-order valence-corrected chi connectivity index (χ3v) is 8.10. The van der Waals surface area contributed by atoms with Gasteiger partial charge in [-0.05, 0) is 66.3 Å². The minimum atomic E-state index is -0.579. The number of aromatic nitrogens is 1. The molecule has 3 heterocycles. The number of benzene rings is 1. The first-order valence-corrected chi connectivity index (χ1v) is 13.1. The van der Waals surface area contributed by atoms with E-state index in [0.29, 0.717) is 56.7 Å². The van der Waals surface area contributed by atoms with Crippen LogP contribution in [0.1, 0.15) is 70.5 Å². The average molecular weight is 493 g/mol. The first kappa shape index (κ1) is 23.4. The molecule has 4 fully saturated rings. The van der Waals surface area contributed by atoms with Crippen LogP contribution in [0.25, 0.3) is 0 Å². The van der Waals surface area contributed by atoms with Crippen LogP contribution in [0.5, 0.6) is 0 Å². The van der Waals surface area contributed by atoms with Crippen LogP contribution in [0.2, 0.25) is 0 Å². The third kappa shape index (κ3) is 4.47. The molecule has 0 bridgehead atoms. The van der Waals surface area contributed by atoms with Gasteiger partial charge in [-0.1, -0.05) is 12.1 Å². The number of anilines is 1. The normalized spacial score (nSPS) is 24.2. The van der Waals surface area contributed by atoms with Crippen molar-refractivity contribution in [1.82, 2.24) is 15.2 Å². The number of hydrogen-bond acceptors (Lipinski definition) is 5. The van der Waals surface area contributed by atoms with E-state index in [1.165, 1.54) is 48.9 Å². The smallest absolute Gasteiger partial charge is 0.256 e. The molecule has 2 saturated carbocycles. The molecule has 1 N–H and O–H groups in total. The number of amides is 2. The predicted molar refractivity (Wildman–Crippen MR) is 134 cm³/mol. The fourth-order valence-electron chi connectivity index (χ4n) is 5.75. The quantitative estimate of drug-likeness (QED) is 0.641. The van der Waals surface area contributed by atoms with Gasteiger partial charge in [-0.15, -0.1) is 0 Å². The number of carbonyl (C=O) groups is 2. The van der Waals surface area contributed by atoms with E-state index in [1.807, 2.05) is 6.20 Å². The summed E-state index contributed by atoms with van der Waals surface area (Å²) in [6, 6.07) is 6.94. The van der Waals surface area contributed by atoms with Crippen molar-refractivity contribution in [1.29, 1.82) is 0 Å². The number of nitrogens with zero attached hydrogens (tertiary/aromatic N) is 3. The highest BCUT2D eigenvalue weighted by Crippen LogP contribution is 2.47. The van der Waals surface area contributed by atoms with Crippen LogP contribution in [-0.2, 0) is 9.53 Å². The lowest BCUT2D eigenvalue weighted by molar-refractivity contribution is -0.120. The Morgan fingerprint density at radius 2 is 1.83 bits per heavy atom. The number of carbonyl (C=O) groups excluding carboxylic acids is 2. The Bertz CT molecular complexity index is 1170. The van der Waals surface area contributed by atoms with E-state index in [2.05, 4.69) is 16.3 Å². The van der Waals surface area contributed by atoms with Gasteiger partial charge in [0, 0.05) is 51.9 Å². The predicted octanol–water partition coefficient (Wildman–Crippen LogP) is 3.41. The molecule has 2 saturated heterocycles. The highest BCUT2D eigenvalue weighted by atomic mass is 19.1. The second-order valence-corrected chi connectivity index (χ2v) is 10.7. The first-order valence-electron chi connectivity index (χ1n) is 13.1. The first-order chi connectivity index (χ1) is 17.5. The Balaban J connectivity index is 1.13. The molecular weight excluding hydrogens is 459 g/mol. The van der Waals surface area contributed by atoms with Crippen LogP contribution in [0.4, 0.5) is 10.2 Å². The van der Waals surface area contributed by atoms with Crippen LogP contribution >= 0.6 is 0 Å². The van der Waals surface area contributed by atoms with E-state index in [4.69, 9.17) is 9.72 Å². The maximum Gasteiger partial charge on any atom is 0.256 e. The third-order valence-electron chi connectivity index (χ3n) is 8.10. The second-order valence-electron chi connectivity index (χ2n) is 10.7. The van der Waals surface area contributed by atoms with Crippen molar-refractivity contribution < 1.29 is 18.7 Å². The van der Waals surface area contributed by atoms with Gasteiger partial charge in [0.05, 0.1) is 18.1 Å². The van der Waals surface area contributed by atoms with Crippen molar-refractivity contribution in [2.24, 2.45) is 5.92 Å². The molecule has 190 valence electrons. The summed E-state index contributed by atoms with van der Waals surface area (Å²) in [7, 11) is 1.59. The SMILES string of the molecule is COCC1CNC(=O)[C@H]1c1ccc(C(=O)N2CCN(c3ncc(C4CC4)cc3C3CC3)CC2)c(F)c1. The molecule has 36 heavy (non-hydrogen) atoms. The van der Waals surface area contributed by atoms with E-state index >= 15 is 4.39 Å². The van der Waals surface area contributed by atoms with E-state index in [0.717, 1.165) is 5.82 Å². The molecule has 2 aliphatic heterocycles. The maximum absolute atomic E-state index is 15.1. The zero-order valence-electron chi connectivity index (χ0n) is 20.7. The number of piperazine rings is 1. The Hall–Kier alpha value is -3.00. The minimum absolute atomic E-state index is 0.0518. The summed E-state index contributed by atoms with van der Waals surface area (Å²) >= 11 is 0. The molecule has 8 heteroatoms. The Morgan fingerprint density at radius 3 is 2.50 bits per heavy atom. The summed E-state index contributed by atoms with van der Waals surface area (Å²) in [5.41, 5.74) is 3.37. The average Bonchev–Trinajstić information content (AvgIpc) is 3.82. The number of pyridine rings is 1. The number of rotatable bonds is 7. The summed E-state index contributed by atoms with van der Waals surface area (Å²) in [5, 5.41) is 2.83. The Labute approximate surface area is 211 Å². The molecule has 6 rings (SSSR count). The number of ether oxygens (including phenoxy) is 1. The van der Waals surface area contributed by atoms with E-state index in [1.54, 1.807) is 18.1 Å². The standard InChI is InChI=1S/C28H33FN4O3/c1-36-16-21-15-31-27(34)25(21)19-6-7-22(24(29)13-19)28(35)33-10-8-32(9-11-33)26-23(18-4-5-18)12-20(14-30-26)17-2-3-17/h6-7,12-14,17-18,21,25H,2-5,8-11,15-16H2,1H3,(H,31,34)/t21?,25-/m0/s1. The van der Waals surface area contributed by atoms with E-state index in [-0.39, 0.29) is 23.3 Å². The van der Waals surface area contributed by atoms with Gasteiger partial charge in [0.2, 0.25) is 5.91 Å². The number of halogens is 1. The summed E-state index contributed by atoms with van der Waals surface area (Å²) in [6.45, 7) is 3.33. The van der Waals surface area contributed by atoms with Gasteiger partial charge in [-0.3, -0.25) is 9.59 Å². The van der Waals surface area contributed by atoms with Crippen molar-refractivity contribution in [2.75, 3.05) is 51.3 Å². The fourth-order valence-corrected chi connectivity index (χ4v) is 5.75. The monoisotopic (exact) mass is 492 g/mol. The molecule has 2 aliphatic carbocycles. The topological polar surface area (TPSA) is 74.8 Å². The number of hydrogen-bond donors (Lipinski definition) is 1. The van der Waals surface area contributed by atoms with Crippen molar-refractivity contribution in [2.45, 2.75) is 43.4 Å². The molecule has 2 aromatic rings. The lowest BCUT2D eigenvalue weighted by atomic mass is 9.88. The molecule has 2 amide bonds. The van der Waals surface area contributed by atoms with Gasteiger partial charge in [0.15, 0.2) is 0 Å². The molecule has 4 aliphatic rings. The summed E-state index contributed by atoms with van der Waals surface area (Å²) in [6.07, 6.45) is 7.03. The maximum atomic E-state index is 15.1. The molecule has 1 aromatic carbocycles. The zero-order valence-corrected chi connectivity index (χ0v) is 20.7. The van der Waals surface area contributed by atoms with Crippen molar-refractivity contribution >= 4 is 17.6 Å². The van der Waals surface area contributed by atoms with Gasteiger partial charge in [-0.25, -0.2) is 9.37 Å². The summed E-state index contributed by atoms with van der Waals surface area (Å²) in [5.74, 6) is 0.834. The van der Waals surface area contributed by atoms with Crippen molar-refractivity contribution in [3.05, 3.63) is 58.5 Å².